The molecule has 0 radical (unpaired) electrons. The predicted octanol–water partition coefficient (Wildman–Crippen LogP) is 4.20. The van der Waals surface area contributed by atoms with E-state index >= 15 is 0 Å². The number of carbonyl (C=O) groups excluding carboxylic acids is 2. The average Bonchev–Trinajstić information content (AvgIpc) is 2.62. The van der Waals surface area contributed by atoms with E-state index in [0.29, 0.717) is 30.8 Å². The number of carbonyl (C=O) groups is 2. The van der Waals surface area contributed by atoms with Crippen LogP contribution in [-0.2, 0) is 0 Å². The van der Waals surface area contributed by atoms with Crippen molar-refractivity contribution < 1.29 is 9.59 Å². The number of rotatable bonds is 2. The first kappa shape index (κ1) is 18.1. The fourth-order valence-corrected chi connectivity index (χ4v) is 3.51. The van der Waals surface area contributed by atoms with Gasteiger partial charge in [-0.05, 0) is 55.5 Å². The SMILES string of the molecule is CC1CN(C(=O)c2ccc(Br)cc2)CCN1C(=O)c1ccc(Br)cc1. The summed E-state index contributed by atoms with van der Waals surface area (Å²) in [6.07, 6.45) is 0. The normalized spacial score (nSPS) is 17.5. The summed E-state index contributed by atoms with van der Waals surface area (Å²) in [5.41, 5.74) is 1.34. The van der Waals surface area contributed by atoms with E-state index in [0.717, 1.165) is 8.95 Å². The maximum atomic E-state index is 12.7. The van der Waals surface area contributed by atoms with E-state index in [4.69, 9.17) is 0 Å². The van der Waals surface area contributed by atoms with Crippen LogP contribution in [0.2, 0.25) is 0 Å². The van der Waals surface area contributed by atoms with Gasteiger partial charge in [-0.2, -0.15) is 0 Å². The van der Waals surface area contributed by atoms with Gasteiger partial charge in [0, 0.05) is 45.7 Å². The van der Waals surface area contributed by atoms with Crippen molar-refractivity contribution in [3.8, 4) is 0 Å². The van der Waals surface area contributed by atoms with Gasteiger partial charge >= 0.3 is 0 Å². The second-order valence-corrected chi connectivity index (χ2v) is 7.94. The summed E-state index contributed by atoms with van der Waals surface area (Å²) >= 11 is 6.76. The summed E-state index contributed by atoms with van der Waals surface area (Å²) in [4.78, 5) is 29.0. The Labute approximate surface area is 164 Å². The first-order valence-corrected chi connectivity index (χ1v) is 9.65. The molecular weight excluding hydrogens is 448 g/mol. The summed E-state index contributed by atoms with van der Waals surface area (Å²) in [7, 11) is 0. The maximum absolute atomic E-state index is 12.7. The Balaban J connectivity index is 1.67. The fourth-order valence-electron chi connectivity index (χ4n) is 2.98. The van der Waals surface area contributed by atoms with Gasteiger partial charge < -0.3 is 9.80 Å². The molecule has 1 atom stereocenters. The summed E-state index contributed by atoms with van der Waals surface area (Å²) < 4.78 is 1.89. The highest BCUT2D eigenvalue weighted by Gasteiger charge is 2.30. The number of amides is 2. The molecule has 2 aromatic carbocycles. The van der Waals surface area contributed by atoms with Crippen LogP contribution in [0, 0.1) is 0 Å². The van der Waals surface area contributed by atoms with Crippen molar-refractivity contribution >= 4 is 43.7 Å². The number of nitrogens with zero attached hydrogens (tertiary/aromatic N) is 2. The highest BCUT2D eigenvalue weighted by atomic mass is 79.9. The van der Waals surface area contributed by atoms with Gasteiger partial charge in [-0.1, -0.05) is 31.9 Å². The van der Waals surface area contributed by atoms with Crippen LogP contribution < -0.4 is 0 Å². The molecule has 0 saturated carbocycles. The van der Waals surface area contributed by atoms with E-state index in [1.54, 1.807) is 0 Å². The maximum Gasteiger partial charge on any atom is 0.254 e. The fraction of sp³-hybridized carbons (Fsp3) is 0.263. The minimum absolute atomic E-state index is 0.00934. The second-order valence-electron chi connectivity index (χ2n) is 6.11. The third-order valence-corrected chi connectivity index (χ3v) is 5.42. The molecule has 0 bridgehead atoms. The number of benzene rings is 2. The summed E-state index contributed by atoms with van der Waals surface area (Å²) in [5.74, 6) is 0.0193. The molecule has 25 heavy (non-hydrogen) atoms. The van der Waals surface area contributed by atoms with Crippen LogP contribution in [-0.4, -0.2) is 47.3 Å². The first-order chi connectivity index (χ1) is 12.0. The van der Waals surface area contributed by atoms with Crippen LogP contribution in [0.25, 0.3) is 0 Å². The second kappa shape index (κ2) is 7.70. The highest BCUT2D eigenvalue weighted by Crippen LogP contribution is 2.19. The van der Waals surface area contributed by atoms with E-state index in [9.17, 15) is 9.59 Å². The van der Waals surface area contributed by atoms with Gasteiger partial charge in [0.15, 0.2) is 0 Å². The Kier molecular flexibility index (Phi) is 5.59. The topological polar surface area (TPSA) is 40.6 Å². The van der Waals surface area contributed by atoms with E-state index in [1.165, 1.54) is 0 Å². The molecule has 2 aromatic rings. The molecule has 1 unspecified atom stereocenters. The van der Waals surface area contributed by atoms with E-state index in [1.807, 2.05) is 65.3 Å². The third-order valence-electron chi connectivity index (χ3n) is 4.36. The van der Waals surface area contributed by atoms with Crippen LogP contribution in [0.1, 0.15) is 27.6 Å². The smallest absolute Gasteiger partial charge is 0.254 e. The standard InChI is InChI=1S/C19H18Br2N2O2/c1-13-12-22(18(24)14-2-6-16(20)7-3-14)10-11-23(13)19(25)15-4-8-17(21)9-5-15/h2-9,13H,10-12H2,1H3. The average molecular weight is 466 g/mol. The summed E-state index contributed by atoms with van der Waals surface area (Å²) in [6.45, 7) is 3.61. The zero-order valence-corrected chi connectivity index (χ0v) is 17.0. The number of piperazine rings is 1. The number of hydrogen-bond donors (Lipinski definition) is 0. The molecule has 1 aliphatic rings. The molecular formula is C19H18Br2N2O2. The molecule has 130 valence electrons. The molecule has 2 amide bonds. The molecule has 4 nitrogen and oxygen atoms in total. The molecule has 0 spiro atoms. The lowest BCUT2D eigenvalue weighted by Gasteiger charge is -2.40. The van der Waals surface area contributed by atoms with Crippen LogP contribution in [0.4, 0.5) is 0 Å². The van der Waals surface area contributed by atoms with Gasteiger partial charge in [-0.25, -0.2) is 0 Å². The van der Waals surface area contributed by atoms with Gasteiger partial charge in [0.05, 0.1) is 0 Å². The predicted molar refractivity (Wildman–Crippen MR) is 105 cm³/mol. The molecule has 0 aromatic heterocycles. The Morgan fingerprint density at radius 1 is 0.840 bits per heavy atom. The van der Waals surface area contributed by atoms with E-state index < -0.39 is 0 Å². The van der Waals surface area contributed by atoms with Crippen molar-refractivity contribution in [3.05, 3.63) is 68.6 Å². The summed E-state index contributed by atoms with van der Waals surface area (Å²) in [6, 6.07) is 14.7. The quantitative estimate of drug-likeness (QED) is 0.666. The molecule has 1 saturated heterocycles. The molecule has 3 rings (SSSR count). The largest absolute Gasteiger partial charge is 0.335 e. The zero-order chi connectivity index (χ0) is 18.0. The zero-order valence-electron chi connectivity index (χ0n) is 13.8. The Bertz CT molecular complexity index is 775. The minimum Gasteiger partial charge on any atom is -0.335 e. The summed E-state index contributed by atoms with van der Waals surface area (Å²) in [5, 5.41) is 0. The van der Waals surface area contributed by atoms with Gasteiger partial charge in [-0.15, -0.1) is 0 Å². The van der Waals surface area contributed by atoms with Crippen molar-refractivity contribution in [1.82, 2.24) is 9.80 Å². The van der Waals surface area contributed by atoms with Crippen LogP contribution in [0.5, 0.6) is 0 Å². The number of hydrogen-bond acceptors (Lipinski definition) is 2. The molecule has 0 N–H and O–H groups in total. The van der Waals surface area contributed by atoms with Gasteiger partial charge in [-0.3, -0.25) is 9.59 Å². The van der Waals surface area contributed by atoms with Crippen molar-refractivity contribution in [3.63, 3.8) is 0 Å². The van der Waals surface area contributed by atoms with Gasteiger partial charge in [0.25, 0.3) is 11.8 Å². The van der Waals surface area contributed by atoms with Crippen molar-refractivity contribution in [2.45, 2.75) is 13.0 Å². The molecule has 0 aliphatic carbocycles. The van der Waals surface area contributed by atoms with Crippen molar-refractivity contribution in [1.29, 1.82) is 0 Å². The Morgan fingerprint density at radius 2 is 1.32 bits per heavy atom. The number of halogens is 2. The van der Waals surface area contributed by atoms with Crippen molar-refractivity contribution in [2.75, 3.05) is 19.6 Å². The third kappa shape index (κ3) is 4.12. The first-order valence-electron chi connectivity index (χ1n) is 8.07. The van der Waals surface area contributed by atoms with Crippen molar-refractivity contribution in [2.24, 2.45) is 0 Å². The van der Waals surface area contributed by atoms with Crippen LogP contribution in [0.3, 0.4) is 0 Å². The molecule has 1 heterocycles. The lowest BCUT2D eigenvalue weighted by atomic mass is 10.1. The lowest BCUT2D eigenvalue weighted by Crippen LogP contribution is -2.55. The molecule has 6 heteroatoms. The van der Waals surface area contributed by atoms with Crippen LogP contribution >= 0.6 is 31.9 Å². The molecule has 1 aliphatic heterocycles. The Hall–Kier alpha value is -1.66. The van der Waals surface area contributed by atoms with E-state index in [2.05, 4.69) is 31.9 Å². The minimum atomic E-state index is -0.0238. The van der Waals surface area contributed by atoms with E-state index in [-0.39, 0.29) is 17.9 Å². The van der Waals surface area contributed by atoms with Crippen LogP contribution in [0.15, 0.2) is 57.5 Å². The highest BCUT2D eigenvalue weighted by molar-refractivity contribution is 9.10. The Morgan fingerprint density at radius 3 is 1.80 bits per heavy atom. The lowest BCUT2D eigenvalue weighted by molar-refractivity contribution is 0.0414. The van der Waals surface area contributed by atoms with Gasteiger partial charge in [0.1, 0.15) is 0 Å². The van der Waals surface area contributed by atoms with Gasteiger partial charge in [0.2, 0.25) is 0 Å². The molecule has 1 fully saturated rings. The monoisotopic (exact) mass is 464 g/mol.